The molecule has 1 saturated heterocycles. The number of hydrogen-bond donors (Lipinski definition) is 4. The van der Waals surface area contributed by atoms with Crippen molar-refractivity contribution in [1.29, 1.82) is 0 Å². The van der Waals surface area contributed by atoms with Gasteiger partial charge in [-0.1, -0.05) is 30.3 Å². The molecule has 4 rings (SSSR count). The molecule has 2 aromatic carbocycles. The summed E-state index contributed by atoms with van der Waals surface area (Å²) in [5, 5.41) is 8.94. The molecule has 1 fully saturated rings. The fourth-order valence-corrected chi connectivity index (χ4v) is 3.82. The van der Waals surface area contributed by atoms with E-state index in [1.165, 1.54) is 12.1 Å². The molecule has 1 aliphatic heterocycles. The molecule has 0 unspecified atom stereocenters. The van der Waals surface area contributed by atoms with Crippen LogP contribution < -0.4 is 21.7 Å². The normalized spacial score (nSPS) is 15.2. The molecule has 0 bridgehead atoms. The molecule has 2 amide bonds. The molecule has 1 aromatic heterocycles. The van der Waals surface area contributed by atoms with Crippen molar-refractivity contribution < 1.29 is 14.0 Å². The average molecular weight is 448 g/mol. The number of amides is 2. The van der Waals surface area contributed by atoms with Crippen molar-refractivity contribution in [1.82, 2.24) is 15.6 Å². The van der Waals surface area contributed by atoms with Crippen LogP contribution in [0.3, 0.4) is 0 Å². The van der Waals surface area contributed by atoms with Gasteiger partial charge in [-0.25, -0.2) is 9.37 Å². The summed E-state index contributed by atoms with van der Waals surface area (Å²) < 4.78 is 13.5. The summed E-state index contributed by atoms with van der Waals surface area (Å²) in [6, 6.07) is 17.2. The Labute approximate surface area is 191 Å². The number of aromatic nitrogens is 1. The predicted octanol–water partition coefficient (Wildman–Crippen LogP) is 3.13. The van der Waals surface area contributed by atoms with Crippen LogP contribution >= 0.6 is 0 Å². The summed E-state index contributed by atoms with van der Waals surface area (Å²) in [6.07, 6.45) is 1.73. The highest BCUT2D eigenvalue weighted by atomic mass is 19.1. The Hall–Kier alpha value is -3.94. The minimum atomic E-state index is -0.288. The maximum atomic E-state index is 13.5. The summed E-state index contributed by atoms with van der Waals surface area (Å²) in [5.41, 5.74) is 9.33. The monoisotopic (exact) mass is 447 g/mol. The lowest BCUT2D eigenvalue weighted by molar-refractivity contribution is -0.119. The van der Waals surface area contributed by atoms with Crippen molar-refractivity contribution in [3.63, 3.8) is 0 Å². The number of rotatable bonds is 8. The number of benzene rings is 2. The van der Waals surface area contributed by atoms with Crippen molar-refractivity contribution in [2.24, 2.45) is 0 Å². The maximum absolute atomic E-state index is 13.5. The van der Waals surface area contributed by atoms with E-state index in [1.54, 1.807) is 24.3 Å². The molecule has 33 heavy (non-hydrogen) atoms. The third kappa shape index (κ3) is 5.65. The van der Waals surface area contributed by atoms with Crippen molar-refractivity contribution in [2.45, 2.75) is 25.3 Å². The van der Waals surface area contributed by atoms with Gasteiger partial charge in [0.15, 0.2) is 0 Å². The molecule has 0 spiro atoms. The molecule has 0 saturated carbocycles. The van der Waals surface area contributed by atoms with Gasteiger partial charge in [0.05, 0.1) is 11.3 Å². The minimum Gasteiger partial charge on any atom is -0.398 e. The summed E-state index contributed by atoms with van der Waals surface area (Å²) in [7, 11) is 0. The molecule has 0 radical (unpaired) electrons. The Morgan fingerprint density at radius 3 is 2.76 bits per heavy atom. The number of para-hydroxylation sites is 1. The molecular formula is C25H26FN5O2. The van der Waals surface area contributed by atoms with Gasteiger partial charge in [0, 0.05) is 36.8 Å². The molecule has 7 nitrogen and oxygen atoms in total. The highest BCUT2D eigenvalue weighted by molar-refractivity contribution is 5.99. The third-order valence-corrected chi connectivity index (χ3v) is 5.57. The van der Waals surface area contributed by atoms with Gasteiger partial charge in [-0.15, -0.1) is 0 Å². The van der Waals surface area contributed by atoms with Gasteiger partial charge in [0.1, 0.15) is 11.6 Å². The second kappa shape index (κ2) is 10.1. The van der Waals surface area contributed by atoms with Crippen LogP contribution in [-0.4, -0.2) is 35.9 Å². The van der Waals surface area contributed by atoms with E-state index < -0.39 is 0 Å². The van der Waals surface area contributed by atoms with Crippen LogP contribution in [0.5, 0.6) is 0 Å². The van der Waals surface area contributed by atoms with Gasteiger partial charge in [0.2, 0.25) is 5.91 Å². The average Bonchev–Trinajstić information content (AvgIpc) is 3.23. The number of nitrogens with one attached hydrogen (secondary N) is 3. The van der Waals surface area contributed by atoms with Crippen LogP contribution in [0.1, 0.15) is 28.8 Å². The van der Waals surface area contributed by atoms with Gasteiger partial charge in [-0.3, -0.25) is 9.59 Å². The zero-order chi connectivity index (χ0) is 23.2. The van der Waals surface area contributed by atoms with Gasteiger partial charge in [-0.2, -0.15) is 0 Å². The van der Waals surface area contributed by atoms with Gasteiger partial charge in [0.25, 0.3) is 5.91 Å². The number of hydrogen-bond acceptors (Lipinski definition) is 5. The van der Waals surface area contributed by atoms with Crippen molar-refractivity contribution in [3.8, 4) is 11.3 Å². The van der Waals surface area contributed by atoms with Crippen LogP contribution in [0.15, 0.2) is 60.7 Å². The van der Waals surface area contributed by atoms with E-state index in [0.29, 0.717) is 55.1 Å². The number of carbonyl (C=O) groups excluding carboxylic acids is 2. The predicted molar refractivity (Wildman–Crippen MR) is 126 cm³/mol. The molecule has 8 heteroatoms. The molecule has 0 aliphatic carbocycles. The van der Waals surface area contributed by atoms with Crippen molar-refractivity contribution >= 4 is 23.3 Å². The number of nitrogens with zero attached hydrogens (tertiary/aromatic N) is 1. The van der Waals surface area contributed by atoms with E-state index in [2.05, 4.69) is 20.9 Å². The Kier molecular flexibility index (Phi) is 6.83. The van der Waals surface area contributed by atoms with Gasteiger partial charge in [-0.05, 0) is 48.7 Å². The number of pyridine rings is 1. The van der Waals surface area contributed by atoms with E-state index in [-0.39, 0.29) is 23.7 Å². The molecule has 3 aromatic rings. The largest absolute Gasteiger partial charge is 0.398 e. The molecule has 1 aliphatic rings. The lowest BCUT2D eigenvalue weighted by Crippen LogP contribution is -2.38. The van der Waals surface area contributed by atoms with Crippen LogP contribution in [0.2, 0.25) is 0 Å². The Morgan fingerprint density at radius 1 is 1.15 bits per heavy atom. The molecule has 1 atom stereocenters. The highest BCUT2D eigenvalue weighted by Gasteiger charge is 2.22. The molecule has 5 N–H and O–H groups in total. The van der Waals surface area contributed by atoms with Crippen LogP contribution in [-0.2, 0) is 11.2 Å². The second-order valence-corrected chi connectivity index (χ2v) is 8.00. The SMILES string of the molecule is Nc1ccccc1-c1ccc(C(=O)NC[C@H]2CCC(=O)N2)c(NCCc2cccc(F)c2)n1. The second-order valence-electron chi connectivity index (χ2n) is 8.00. The van der Waals surface area contributed by atoms with E-state index >= 15 is 0 Å². The zero-order valence-electron chi connectivity index (χ0n) is 18.1. The minimum absolute atomic E-state index is 0.000392. The Morgan fingerprint density at radius 2 is 2.00 bits per heavy atom. The first-order valence-corrected chi connectivity index (χ1v) is 10.9. The summed E-state index contributed by atoms with van der Waals surface area (Å²) in [4.78, 5) is 29.0. The fraction of sp³-hybridized carbons (Fsp3) is 0.240. The molecule has 2 heterocycles. The van der Waals surface area contributed by atoms with Crippen LogP contribution in [0, 0.1) is 5.82 Å². The van der Waals surface area contributed by atoms with Crippen molar-refractivity contribution in [3.05, 3.63) is 77.6 Å². The van der Waals surface area contributed by atoms with E-state index in [1.807, 2.05) is 24.3 Å². The standard InChI is InChI=1S/C25H26FN5O2/c26-17-5-3-4-16(14-17)12-13-28-24-20(25(33)29-15-18-8-11-23(32)30-18)9-10-22(31-24)19-6-1-2-7-21(19)27/h1-7,9-10,14,18H,8,11-13,15,27H2,(H,28,31)(H,29,33)(H,30,32)/t18-/m1/s1. The van der Waals surface area contributed by atoms with E-state index in [0.717, 1.165) is 11.1 Å². The first kappa shape index (κ1) is 22.3. The fourth-order valence-electron chi connectivity index (χ4n) is 3.82. The first-order chi connectivity index (χ1) is 16.0. The molecule has 170 valence electrons. The number of nitrogen functional groups attached to an aromatic ring is 1. The third-order valence-electron chi connectivity index (χ3n) is 5.57. The smallest absolute Gasteiger partial charge is 0.255 e. The summed E-state index contributed by atoms with van der Waals surface area (Å²) in [5.74, 6) is -0.156. The zero-order valence-corrected chi connectivity index (χ0v) is 18.1. The maximum Gasteiger partial charge on any atom is 0.255 e. The number of nitrogens with two attached hydrogens (primary N) is 1. The van der Waals surface area contributed by atoms with E-state index in [4.69, 9.17) is 5.73 Å². The Bertz CT molecular complexity index is 1170. The number of anilines is 2. The van der Waals surface area contributed by atoms with Gasteiger partial charge < -0.3 is 21.7 Å². The lowest BCUT2D eigenvalue weighted by Gasteiger charge is -2.15. The van der Waals surface area contributed by atoms with Crippen LogP contribution in [0.4, 0.5) is 15.9 Å². The van der Waals surface area contributed by atoms with Crippen molar-refractivity contribution in [2.75, 3.05) is 24.1 Å². The summed E-state index contributed by atoms with van der Waals surface area (Å²) >= 11 is 0. The topological polar surface area (TPSA) is 109 Å². The Balaban J connectivity index is 1.53. The highest BCUT2D eigenvalue weighted by Crippen LogP contribution is 2.26. The molecular weight excluding hydrogens is 421 g/mol. The van der Waals surface area contributed by atoms with Crippen LogP contribution in [0.25, 0.3) is 11.3 Å². The first-order valence-electron chi connectivity index (χ1n) is 10.9. The van der Waals surface area contributed by atoms with Gasteiger partial charge >= 0.3 is 0 Å². The van der Waals surface area contributed by atoms with E-state index in [9.17, 15) is 14.0 Å². The number of halogens is 1. The summed E-state index contributed by atoms with van der Waals surface area (Å²) in [6.45, 7) is 0.809. The lowest BCUT2D eigenvalue weighted by atomic mass is 10.1. The quantitative estimate of drug-likeness (QED) is 0.397. The number of carbonyl (C=O) groups is 2.